The number of nitrogens with zero attached hydrogens (tertiary/aromatic N) is 1. The Morgan fingerprint density at radius 3 is 2.62 bits per heavy atom. The fourth-order valence-electron chi connectivity index (χ4n) is 2.92. The second kappa shape index (κ2) is 6.22. The van der Waals surface area contributed by atoms with Crippen molar-refractivity contribution in [2.75, 3.05) is 0 Å². The Bertz CT molecular complexity index is 578. The minimum Gasteiger partial charge on any atom is -0.468 e. The molecule has 1 aliphatic carbocycles. The highest BCUT2D eigenvalue weighted by atomic mass is 35.5. The zero-order valence-corrected chi connectivity index (χ0v) is 13.0. The van der Waals surface area contributed by atoms with Crippen LogP contribution in [0.4, 0.5) is 0 Å². The van der Waals surface area contributed by atoms with Gasteiger partial charge in [-0.25, -0.2) is 0 Å². The molecule has 1 saturated carbocycles. The van der Waals surface area contributed by atoms with Gasteiger partial charge in [-0.2, -0.15) is 0 Å². The van der Waals surface area contributed by atoms with E-state index in [0.717, 1.165) is 22.9 Å². The molecule has 4 heteroatoms. The maximum absolute atomic E-state index is 6.41. The van der Waals surface area contributed by atoms with Crippen molar-refractivity contribution in [1.82, 2.24) is 4.90 Å². The van der Waals surface area contributed by atoms with Gasteiger partial charge in [0.05, 0.1) is 18.8 Å². The third-order valence-electron chi connectivity index (χ3n) is 4.01. The molecule has 1 aromatic heterocycles. The first-order chi connectivity index (χ1) is 10.2. The first-order valence-corrected chi connectivity index (χ1v) is 7.82. The van der Waals surface area contributed by atoms with Crippen LogP contribution in [0, 0.1) is 0 Å². The fraction of sp³-hybridized carbons (Fsp3) is 0.412. The summed E-state index contributed by atoms with van der Waals surface area (Å²) in [5.41, 5.74) is 7.41. The number of halogens is 1. The maximum Gasteiger partial charge on any atom is 0.117 e. The van der Waals surface area contributed by atoms with Crippen molar-refractivity contribution in [2.24, 2.45) is 5.73 Å². The van der Waals surface area contributed by atoms with Gasteiger partial charge in [0.2, 0.25) is 0 Å². The van der Waals surface area contributed by atoms with Gasteiger partial charge in [-0.05, 0) is 43.5 Å². The van der Waals surface area contributed by atoms with Crippen LogP contribution in [0.25, 0.3) is 0 Å². The Morgan fingerprint density at radius 1 is 1.29 bits per heavy atom. The zero-order chi connectivity index (χ0) is 14.8. The molecule has 1 aliphatic rings. The lowest BCUT2D eigenvalue weighted by Gasteiger charge is -2.34. The van der Waals surface area contributed by atoms with E-state index in [1.54, 1.807) is 6.26 Å². The SMILES string of the molecule is CC(N)C(c1ccccc1Cl)N(Cc1ccco1)C1CC1. The first kappa shape index (κ1) is 14.6. The number of hydrogen-bond acceptors (Lipinski definition) is 3. The molecular formula is C17H21ClN2O. The molecule has 0 bridgehead atoms. The van der Waals surface area contributed by atoms with Gasteiger partial charge in [-0.1, -0.05) is 29.8 Å². The molecule has 3 rings (SSSR count). The molecule has 0 saturated heterocycles. The number of furan rings is 1. The van der Waals surface area contributed by atoms with Crippen LogP contribution in [-0.2, 0) is 6.54 Å². The van der Waals surface area contributed by atoms with Gasteiger partial charge >= 0.3 is 0 Å². The molecule has 2 atom stereocenters. The summed E-state index contributed by atoms with van der Waals surface area (Å²) in [7, 11) is 0. The van der Waals surface area contributed by atoms with E-state index in [1.165, 1.54) is 12.8 Å². The van der Waals surface area contributed by atoms with E-state index in [4.69, 9.17) is 21.8 Å². The minimum absolute atomic E-state index is 0.000428. The summed E-state index contributed by atoms with van der Waals surface area (Å²) in [6.45, 7) is 2.82. The highest BCUT2D eigenvalue weighted by molar-refractivity contribution is 6.31. The van der Waals surface area contributed by atoms with E-state index < -0.39 is 0 Å². The quantitative estimate of drug-likeness (QED) is 0.877. The summed E-state index contributed by atoms with van der Waals surface area (Å²) in [4.78, 5) is 2.44. The van der Waals surface area contributed by atoms with Crippen LogP contribution < -0.4 is 5.73 Å². The van der Waals surface area contributed by atoms with Gasteiger partial charge in [-0.3, -0.25) is 4.90 Å². The molecule has 0 spiro atoms. The number of hydrogen-bond donors (Lipinski definition) is 1. The van der Waals surface area contributed by atoms with Crippen LogP contribution in [0.2, 0.25) is 5.02 Å². The van der Waals surface area contributed by atoms with Crippen LogP contribution in [0.3, 0.4) is 0 Å². The van der Waals surface area contributed by atoms with Crippen molar-refractivity contribution >= 4 is 11.6 Å². The van der Waals surface area contributed by atoms with E-state index in [0.29, 0.717) is 6.04 Å². The molecule has 21 heavy (non-hydrogen) atoms. The van der Waals surface area contributed by atoms with Crippen molar-refractivity contribution in [3.05, 3.63) is 59.0 Å². The Kier molecular flexibility index (Phi) is 4.34. The molecule has 0 aliphatic heterocycles. The van der Waals surface area contributed by atoms with Gasteiger partial charge < -0.3 is 10.2 Å². The summed E-state index contributed by atoms with van der Waals surface area (Å²) in [6, 6.07) is 12.6. The molecule has 1 fully saturated rings. The van der Waals surface area contributed by atoms with E-state index >= 15 is 0 Å². The molecule has 3 nitrogen and oxygen atoms in total. The van der Waals surface area contributed by atoms with E-state index in [1.807, 2.05) is 37.3 Å². The Morgan fingerprint density at radius 2 is 2.05 bits per heavy atom. The summed E-state index contributed by atoms with van der Waals surface area (Å²) in [6.07, 6.45) is 4.15. The normalized spacial score (nSPS) is 17.9. The summed E-state index contributed by atoms with van der Waals surface area (Å²) in [5.74, 6) is 0.972. The van der Waals surface area contributed by atoms with Gasteiger partial charge in [0.15, 0.2) is 0 Å². The average molecular weight is 305 g/mol. The standard InChI is InChI=1S/C17H21ClN2O/c1-12(19)17(15-6-2-3-7-16(15)18)20(13-8-9-13)11-14-5-4-10-21-14/h2-7,10,12-13,17H,8-9,11,19H2,1H3. The van der Waals surface area contributed by atoms with E-state index in [9.17, 15) is 0 Å². The van der Waals surface area contributed by atoms with Crippen molar-refractivity contribution in [3.8, 4) is 0 Å². The Balaban J connectivity index is 1.92. The van der Waals surface area contributed by atoms with Crippen LogP contribution in [0.1, 0.15) is 37.1 Å². The van der Waals surface area contributed by atoms with Crippen LogP contribution in [0.15, 0.2) is 47.1 Å². The second-order valence-electron chi connectivity index (χ2n) is 5.81. The molecule has 112 valence electrons. The molecule has 2 unspecified atom stereocenters. The van der Waals surface area contributed by atoms with Crippen LogP contribution >= 0.6 is 11.6 Å². The third-order valence-corrected chi connectivity index (χ3v) is 4.36. The number of rotatable bonds is 6. The van der Waals surface area contributed by atoms with Crippen molar-refractivity contribution in [3.63, 3.8) is 0 Å². The van der Waals surface area contributed by atoms with Gasteiger partial charge in [0.25, 0.3) is 0 Å². The van der Waals surface area contributed by atoms with Crippen molar-refractivity contribution in [1.29, 1.82) is 0 Å². The predicted octanol–water partition coefficient (Wildman–Crippen LogP) is 3.99. The lowest BCUT2D eigenvalue weighted by molar-refractivity contribution is 0.146. The monoisotopic (exact) mass is 304 g/mol. The van der Waals surface area contributed by atoms with Crippen molar-refractivity contribution < 1.29 is 4.42 Å². The molecule has 2 aromatic rings. The molecule has 2 N–H and O–H groups in total. The topological polar surface area (TPSA) is 42.4 Å². The lowest BCUT2D eigenvalue weighted by atomic mass is 9.98. The Hall–Kier alpha value is -1.29. The van der Waals surface area contributed by atoms with E-state index in [-0.39, 0.29) is 12.1 Å². The number of nitrogens with two attached hydrogens (primary N) is 1. The molecule has 0 amide bonds. The zero-order valence-electron chi connectivity index (χ0n) is 12.2. The predicted molar refractivity (Wildman–Crippen MR) is 85.1 cm³/mol. The van der Waals surface area contributed by atoms with Crippen molar-refractivity contribution in [2.45, 2.75) is 44.4 Å². The molecular weight excluding hydrogens is 284 g/mol. The van der Waals surface area contributed by atoms with Crippen LogP contribution in [-0.4, -0.2) is 17.0 Å². The highest BCUT2D eigenvalue weighted by Gasteiger charge is 2.37. The number of benzene rings is 1. The summed E-state index contributed by atoms with van der Waals surface area (Å²) < 4.78 is 5.52. The third kappa shape index (κ3) is 3.31. The molecule has 1 aromatic carbocycles. The average Bonchev–Trinajstić information content (AvgIpc) is 3.17. The van der Waals surface area contributed by atoms with Gasteiger partial charge in [0.1, 0.15) is 5.76 Å². The fourth-order valence-corrected chi connectivity index (χ4v) is 3.17. The van der Waals surface area contributed by atoms with Crippen LogP contribution in [0.5, 0.6) is 0 Å². The smallest absolute Gasteiger partial charge is 0.117 e. The highest BCUT2D eigenvalue weighted by Crippen LogP contribution is 2.39. The second-order valence-corrected chi connectivity index (χ2v) is 6.22. The maximum atomic E-state index is 6.41. The van der Waals surface area contributed by atoms with Gasteiger partial charge in [-0.15, -0.1) is 0 Å². The Labute approximate surface area is 130 Å². The minimum atomic E-state index is 0.000428. The van der Waals surface area contributed by atoms with E-state index in [2.05, 4.69) is 11.0 Å². The summed E-state index contributed by atoms with van der Waals surface area (Å²) >= 11 is 6.41. The molecule has 1 heterocycles. The lowest BCUT2D eigenvalue weighted by Crippen LogP contribution is -2.40. The van der Waals surface area contributed by atoms with Gasteiger partial charge in [0, 0.05) is 17.1 Å². The summed E-state index contributed by atoms with van der Waals surface area (Å²) in [5, 5.41) is 0.782. The molecule has 0 radical (unpaired) electrons. The largest absolute Gasteiger partial charge is 0.468 e. The first-order valence-electron chi connectivity index (χ1n) is 7.45.